The number of halogens is 1. The van der Waals surface area contributed by atoms with Crippen molar-refractivity contribution in [2.45, 2.75) is 12.2 Å². The summed E-state index contributed by atoms with van der Waals surface area (Å²) in [6.07, 6.45) is 1.90. The molecule has 0 spiro atoms. The lowest BCUT2D eigenvalue weighted by Crippen LogP contribution is -2.21. The number of amides is 1. The second-order valence-electron chi connectivity index (χ2n) is 2.88. The van der Waals surface area contributed by atoms with Crippen molar-refractivity contribution in [2.75, 3.05) is 11.6 Å². The van der Waals surface area contributed by atoms with E-state index >= 15 is 0 Å². The van der Waals surface area contributed by atoms with Crippen LogP contribution in [0.4, 0.5) is 5.69 Å². The van der Waals surface area contributed by atoms with Gasteiger partial charge >= 0.3 is 0 Å². The van der Waals surface area contributed by atoms with Crippen molar-refractivity contribution in [1.82, 2.24) is 0 Å². The number of hydrogen-bond donors (Lipinski definition) is 1. The highest BCUT2D eigenvalue weighted by Crippen LogP contribution is 2.16. The quantitative estimate of drug-likeness (QED) is 0.863. The molecule has 0 bridgehead atoms. The van der Waals surface area contributed by atoms with E-state index in [0.717, 1.165) is 5.69 Å². The van der Waals surface area contributed by atoms with E-state index in [2.05, 4.69) is 5.32 Å². The molecular weight excluding hydrogens is 218 g/mol. The molecule has 0 aliphatic heterocycles. The summed E-state index contributed by atoms with van der Waals surface area (Å²) in [4.78, 5) is 11.5. The van der Waals surface area contributed by atoms with E-state index in [1.54, 1.807) is 12.1 Å². The molecule has 76 valence electrons. The predicted octanol–water partition coefficient (Wildman–Crippen LogP) is 3.03. The third-order valence-electron chi connectivity index (χ3n) is 1.81. The van der Waals surface area contributed by atoms with Gasteiger partial charge in [0.05, 0.1) is 5.25 Å². The van der Waals surface area contributed by atoms with Crippen molar-refractivity contribution in [2.24, 2.45) is 0 Å². The number of nitrogens with one attached hydrogen (secondary N) is 1. The van der Waals surface area contributed by atoms with Gasteiger partial charge in [-0.05, 0) is 31.4 Å². The van der Waals surface area contributed by atoms with Gasteiger partial charge in [-0.25, -0.2) is 0 Å². The zero-order valence-electron chi connectivity index (χ0n) is 8.08. The largest absolute Gasteiger partial charge is 0.325 e. The summed E-state index contributed by atoms with van der Waals surface area (Å²) in [5, 5.41) is 3.37. The van der Waals surface area contributed by atoms with E-state index in [4.69, 9.17) is 11.6 Å². The van der Waals surface area contributed by atoms with Crippen LogP contribution in [-0.2, 0) is 4.79 Å². The van der Waals surface area contributed by atoms with E-state index in [-0.39, 0.29) is 11.2 Å². The van der Waals surface area contributed by atoms with Gasteiger partial charge in [-0.3, -0.25) is 4.79 Å². The Morgan fingerprint density at radius 2 is 2.29 bits per heavy atom. The molecule has 0 unspecified atom stereocenters. The molecule has 0 heterocycles. The predicted molar refractivity (Wildman–Crippen MR) is 63.1 cm³/mol. The summed E-state index contributed by atoms with van der Waals surface area (Å²) in [6.45, 7) is 1.87. The number of benzene rings is 1. The molecule has 0 aliphatic carbocycles. The van der Waals surface area contributed by atoms with Gasteiger partial charge in [0.25, 0.3) is 0 Å². The third-order valence-corrected chi connectivity index (χ3v) is 2.97. The highest BCUT2D eigenvalue weighted by molar-refractivity contribution is 7.99. The lowest BCUT2D eigenvalue weighted by Gasteiger charge is -2.09. The minimum absolute atomic E-state index is 0.000216. The minimum atomic E-state index is -0.0472. The molecule has 2 nitrogen and oxygen atoms in total. The van der Waals surface area contributed by atoms with Crippen LogP contribution in [-0.4, -0.2) is 17.4 Å². The molecule has 1 atom stereocenters. The summed E-state index contributed by atoms with van der Waals surface area (Å²) < 4.78 is 0. The first kappa shape index (κ1) is 11.4. The number of anilines is 1. The topological polar surface area (TPSA) is 29.1 Å². The summed E-state index contributed by atoms with van der Waals surface area (Å²) in [7, 11) is 0. The number of hydrogen-bond acceptors (Lipinski definition) is 2. The van der Waals surface area contributed by atoms with Crippen LogP contribution in [0.3, 0.4) is 0 Å². The van der Waals surface area contributed by atoms with Gasteiger partial charge in [-0.2, -0.15) is 11.8 Å². The Kier molecular flexibility index (Phi) is 4.29. The first-order valence-electron chi connectivity index (χ1n) is 4.22. The fraction of sp³-hybridized carbons (Fsp3) is 0.300. The van der Waals surface area contributed by atoms with Gasteiger partial charge < -0.3 is 5.32 Å². The monoisotopic (exact) mass is 229 g/mol. The molecule has 0 fully saturated rings. The molecule has 0 aliphatic rings. The van der Waals surface area contributed by atoms with Gasteiger partial charge in [0.1, 0.15) is 0 Å². The van der Waals surface area contributed by atoms with Crippen LogP contribution in [0.5, 0.6) is 0 Å². The van der Waals surface area contributed by atoms with Crippen molar-refractivity contribution in [3.8, 4) is 0 Å². The Morgan fingerprint density at radius 1 is 1.57 bits per heavy atom. The maximum Gasteiger partial charge on any atom is 0.237 e. The Balaban J connectivity index is 2.65. The Labute approximate surface area is 93.0 Å². The van der Waals surface area contributed by atoms with Crippen LogP contribution >= 0.6 is 23.4 Å². The van der Waals surface area contributed by atoms with E-state index < -0.39 is 0 Å². The number of rotatable bonds is 3. The Bertz CT molecular complexity index is 330. The summed E-state index contributed by atoms with van der Waals surface area (Å²) in [6, 6.07) is 7.13. The molecule has 1 N–H and O–H groups in total. The van der Waals surface area contributed by atoms with Crippen LogP contribution in [0.25, 0.3) is 0 Å². The van der Waals surface area contributed by atoms with Crippen molar-refractivity contribution in [3.05, 3.63) is 29.3 Å². The first-order chi connectivity index (χ1) is 6.63. The average molecular weight is 230 g/mol. The molecule has 1 aromatic rings. The van der Waals surface area contributed by atoms with Gasteiger partial charge in [0.2, 0.25) is 5.91 Å². The normalized spacial score (nSPS) is 12.2. The molecule has 1 rings (SSSR count). The second-order valence-corrected chi connectivity index (χ2v) is 4.49. The summed E-state index contributed by atoms with van der Waals surface area (Å²) in [5.74, 6) is -0.000216. The third kappa shape index (κ3) is 3.24. The van der Waals surface area contributed by atoms with Gasteiger partial charge in [0.15, 0.2) is 0 Å². The average Bonchev–Trinajstić information content (AvgIpc) is 2.16. The zero-order valence-corrected chi connectivity index (χ0v) is 9.65. The standard InChI is InChI=1S/C10H12ClNOS/c1-7(14-2)10(13)12-9-5-3-4-8(11)6-9/h3-7H,1-2H3,(H,12,13)/t7-/m0/s1. The fourth-order valence-electron chi connectivity index (χ4n) is 0.917. The molecule has 4 heteroatoms. The van der Waals surface area contributed by atoms with E-state index in [1.165, 1.54) is 11.8 Å². The van der Waals surface area contributed by atoms with E-state index in [1.807, 2.05) is 25.3 Å². The van der Waals surface area contributed by atoms with Crippen molar-refractivity contribution < 1.29 is 4.79 Å². The molecule has 1 aromatic carbocycles. The SMILES string of the molecule is CS[C@@H](C)C(=O)Nc1cccc(Cl)c1. The van der Waals surface area contributed by atoms with Crippen LogP contribution in [0.1, 0.15) is 6.92 Å². The molecule has 0 radical (unpaired) electrons. The summed E-state index contributed by atoms with van der Waals surface area (Å²) in [5.41, 5.74) is 0.739. The molecule has 0 saturated heterocycles. The molecule has 0 saturated carbocycles. The van der Waals surface area contributed by atoms with Crippen LogP contribution in [0.2, 0.25) is 5.02 Å². The first-order valence-corrected chi connectivity index (χ1v) is 5.89. The number of carbonyl (C=O) groups excluding carboxylic acids is 1. The van der Waals surface area contributed by atoms with Crippen molar-refractivity contribution in [3.63, 3.8) is 0 Å². The van der Waals surface area contributed by atoms with Crippen LogP contribution < -0.4 is 5.32 Å². The number of carbonyl (C=O) groups is 1. The maximum atomic E-state index is 11.5. The Hall–Kier alpha value is -0.670. The zero-order chi connectivity index (χ0) is 10.6. The minimum Gasteiger partial charge on any atom is -0.325 e. The summed E-state index contributed by atoms with van der Waals surface area (Å²) >= 11 is 7.30. The van der Waals surface area contributed by atoms with Gasteiger partial charge in [0, 0.05) is 10.7 Å². The van der Waals surface area contributed by atoms with E-state index in [0.29, 0.717) is 5.02 Å². The van der Waals surface area contributed by atoms with Gasteiger partial charge in [-0.1, -0.05) is 17.7 Å². The van der Waals surface area contributed by atoms with Crippen LogP contribution in [0.15, 0.2) is 24.3 Å². The highest BCUT2D eigenvalue weighted by atomic mass is 35.5. The number of thioether (sulfide) groups is 1. The van der Waals surface area contributed by atoms with E-state index in [9.17, 15) is 4.79 Å². The maximum absolute atomic E-state index is 11.5. The second kappa shape index (κ2) is 5.27. The van der Waals surface area contributed by atoms with Crippen molar-refractivity contribution >= 4 is 35.0 Å². The van der Waals surface area contributed by atoms with Crippen molar-refractivity contribution in [1.29, 1.82) is 0 Å². The smallest absolute Gasteiger partial charge is 0.237 e. The Morgan fingerprint density at radius 3 is 2.86 bits per heavy atom. The molecular formula is C10H12ClNOS. The van der Waals surface area contributed by atoms with Gasteiger partial charge in [-0.15, -0.1) is 0 Å². The molecule has 0 aromatic heterocycles. The lowest BCUT2D eigenvalue weighted by atomic mass is 10.3. The highest BCUT2D eigenvalue weighted by Gasteiger charge is 2.10. The molecule has 14 heavy (non-hydrogen) atoms. The fourth-order valence-corrected chi connectivity index (χ4v) is 1.38. The van der Waals surface area contributed by atoms with Crippen LogP contribution in [0, 0.1) is 0 Å². The molecule has 1 amide bonds. The lowest BCUT2D eigenvalue weighted by molar-refractivity contribution is -0.115.